The van der Waals surface area contributed by atoms with Crippen molar-refractivity contribution in [2.24, 2.45) is 0 Å². The van der Waals surface area contributed by atoms with Crippen LogP contribution < -0.4 is 10.7 Å². The fourth-order valence-corrected chi connectivity index (χ4v) is 3.87. The average Bonchev–Trinajstić information content (AvgIpc) is 3.10. The molecule has 5 heteroatoms. The summed E-state index contributed by atoms with van der Waals surface area (Å²) in [4.78, 5) is 3.28. The number of nitrogens with one attached hydrogen (secondary N) is 1. The topological polar surface area (TPSA) is 70.2 Å². The van der Waals surface area contributed by atoms with Gasteiger partial charge in [-0.3, -0.25) is 4.55 Å². The predicted molar refractivity (Wildman–Crippen MR) is 104 cm³/mol. The Morgan fingerprint density at radius 1 is 0.808 bits per heavy atom. The van der Waals surface area contributed by atoms with Gasteiger partial charge in [0, 0.05) is 16.3 Å². The van der Waals surface area contributed by atoms with Crippen molar-refractivity contribution in [1.82, 2.24) is 4.98 Å². The van der Waals surface area contributed by atoms with E-state index in [1.807, 2.05) is 31.2 Å². The molecule has 0 saturated carbocycles. The maximum Gasteiger partial charge on any atom is 0.295 e. The van der Waals surface area contributed by atoms with Crippen LogP contribution in [-0.4, -0.2) is 18.0 Å². The summed E-state index contributed by atoms with van der Waals surface area (Å²) in [6, 6.07) is 18.5. The van der Waals surface area contributed by atoms with Crippen molar-refractivity contribution in [3.8, 4) is 0 Å². The van der Waals surface area contributed by atoms with Crippen molar-refractivity contribution in [1.29, 1.82) is 0 Å². The first-order chi connectivity index (χ1) is 12.3. The van der Waals surface area contributed by atoms with Gasteiger partial charge in [0.1, 0.15) is 4.90 Å². The minimum atomic E-state index is -4.28. The van der Waals surface area contributed by atoms with Crippen LogP contribution in [0.5, 0.6) is 0 Å². The molecule has 1 heterocycles. The lowest BCUT2D eigenvalue weighted by Crippen LogP contribution is -2.15. The maximum absolute atomic E-state index is 11.7. The number of aromatic amines is 1. The number of aromatic nitrogens is 1. The molecule has 3 aromatic rings. The van der Waals surface area contributed by atoms with Crippen LogP contribution in [0, 0.1) is 6.92 Å². The lowest BCUT2D eigenvalue weighted by Gasteiger charge is -2.06. The van der Waals surface area contributed by atoms with Crippen LogP contribution in [0.25, 0.3) is 11.1 Å². The van der Waals surface area contributed by atoms with Crippen LogP contribution in [0.4, 0.5) is 0 Å². The second-order valence-electron chi connectivity index (χ2n) is 6.32. The molecular weight excluding hydrogens is 346 g/mol. The summed E-state index contributed by atoms with van der Waals surface area (Å²) < 4.78 is 32.8. The summed E-state index contributed by atoms with van der Waals surface area (Å²) in [5, 5.41) is 1.78. The summed E-state index contributed by atoms with van der Waals surface area (Å²) in [5.74, 6) is 0. The Morgan fingerprint density at radius 3 is 1.88 bits per heavy atom. The molecule has 4 nitrogen and oxygen atoms in total. The van der Waals surface area contributed by atoms with Crippen LogP contribution >= 0.6 is 0 Å². The van der Waals surface area contributed by atoms with E-state index in [0.29, 0.717) is 5.56 Å². The van der Waals surface area contributed by atoms with Gasteiger partial charge in [0.25, 0.3) is 10.1 Å². The number of H-pyrrole nitrogens is 1. The predicted octanol–water partition coefficient (Wildman–Crippen LogP) is 3.01. The summed E-state index contributed by atoms with van der Waals surface area (Å²) in [6.45, 7) is 5.96. The molecule has 0 aliphatic rings. The third-order valence-electron chi connectivity index (χ3n) is 4.61. The van der Waals surface area contributed by atoms with Crippen LogP contribution in [0.2, 0.25) is 0 Å². The fraction of sp³-hybridized carbons (Fsp3) is 0.143. The molecule has 0 fully saturated rings. The van der Waals surface area contributed by atoms with E-state index in [9.17, 15) is 13.0 Å². The highest BCUT2D eigenvalue weighted by Gasteiger charge is 2.16. The second-order valence-corrected chi connectivity index (χ2v) is 7.71. The highest BCUT2D eigenvalue weighted by atomic mass is 32.2. The Balaban J connectivity index is 2.22. The third-order valence-corrected chi connectivity index (χ3v) is 5.52. The highest BCUT2D eigenvalue weighted by molar-refractivity contribution is 7.85. The zero-order chi connectivity index (χ0) is 18.9. The Kier molecular flexibility index (Phi) is 4.85. The summed E-state index contributed by atoms with van der Waals surface area (Å²) in [5.41, 5.74) is 4.71. The van der Waals surface area contributed by atoms with Gasteiger partial charge in [0.2, 0.25) is 0 Å². The molecule has 0 unspecified atom stereocenters. The molecule has 0 bridgehead atoms. The van der Waals surface area contributed by atoms with Crippen molar-refractivity contribution in [3.63, 3.8) is 0 Å². The average molecular weight is 367 g/mol. The lowest BCUT2D eigenvalue weighted by atomic mass is 10.0. The SMILES string of the molecule is C/C(c1ccccc1C)=c1/cc/c(=C(/C)c2ccccc2S(=O)(=O)O)[nH]1. The number of benzene rings is 2. The fourth-order valence-electron chi connectivity index (χ4n) is 3.12. The first-order valence-corrected chi connectivity index (χ1v) is 9.73. The number of hydrogen-bond donors (Lipinski definition) is 2. The van der Waals surface area contributed by atoms with Gasteiger partial charge in [0.15, 0.2) is 0 Å². The van der Waals surface area contributed by atoms with Crippen molar-refractivity contribution in [3.05, 3.63) is 88.1 Å². The molecule has 2 aromatic carbocycles. The van der Waals surface area contributed by atoms with Crippen molar-refractivity contribution < 1.29 is 13.0 Å². The van der Waals surface area contributed by atoms with E-state index in [-0.39, 0.29) is 4.90 Å². The van der Waals surface area contributed by atoms with E-state index in [1.54, 1.807) is 18.2 Å². The monoisotopic (exact) mass is 367 g/mol. The van der Waals surface area contributed by atoms with Gasteiger partial charge < -0.3 is 4.98 Å². The molecule has 0 aliphatic heterocycles. The van der Waals surface area contributed by atoms with Crippen LogP contribution in [0.3, 0.4) is 0 Å². The van der Waals surface area contributed by atoms with Gasteiger partial charge in [-0.2, -0.15) is 8.42 Å². The van der Waals surface area contributed by atoms with Gasteiger partial charge in [-0.25, -0.2) is 0 Å². The van der Waals surface area contributed by atoms with E-state index in [2.05, 4.69) is 31.0 Å². The van der Waals surface area contributed by atoms with Crippen LogP contribution in [0.15, 0.2) is 65.6 Å². The van der Waals surface area contributed by atoms with Gasteiger partial charge in [0.05, 0.1) is 0 Å². The van der Waals surface area contributed by atoms with Crippen molar-refractivity contribution in [2.75, 3.05) is 0 Å². The Morgan fingerprint density at radius 2 is 1.31 bits per heavy atom. The lowest BCUT2D eigenvalue weighted by molar-refractivity contribution is 0.483. The minimum Gasteiger partial charge on any atom is -0.355 e. The molecule has 26 heavy (non-hydrogen) atoms. The van der Waals surface area contributed by atoms with Gasteiger partial charge in [-0.15, -0.1) is 0 Å². The molecule has 0 amide bonds. The highest BCUT2D eigenvalue weighted by Crippen LogP contribution is 2.21. The Labute approximate surface area is 153 Å². The molecule has 0 spiro atoms. The number of aryl methyl sites for hydroxylation is 1. The number of rotatable bonds is 3. The molecule has 134 valence electrons. The maximum atomic E-state index is 11.7. The Hall–Kier alpha value is -2.63. The Bertz CT molecular complexity index is 1190. The molecule has 2 N–H and O–H groups in total. The van der Waals surface area contributed by atoms with E-state index in [0.717, 1.165) is 27.4 Å². The molecule has 3 rings (SSSR count). The van der Waals surface area contributed by atoms with Crippen LogP contribution in [0.1, 0.15) is 30.5 Å². The third kappa shape index (κ3) is 3.49. The first kappa shape index (κ1) is 18.2. The summed E-state index contributed by atoms with van der Waals surface area (Å²) in [6.07, 6.45) is 0. The van der Waals surface area contributed by atoms with E-state index in [1.165, 1.54) is 11.6 Å². The molecule has 0 aliphatic carbocycles. The molecule has 1 aromatic heterocycles. The normalized spacial score (nSPS) is 14.2. The zero-order valence-electron chi connectivity index (χ0n) is 14.9. The van der Waals surface area contributed by atoms with Gasteiger partial charge >= 0.3 is 0 Å². The standard InChI is InChI=1S/C21H21NO3S/c1-14-8-4-5-9-17(14)15(2)19-12-13-20(22-19)16(3)18-10-6-7-11-21(18)26(23,24)25/h4-13,22H,1-3H3,(H,23,24,25)/b19-15+,20-16+. The van der Waals surface area contributed by atoms with Crippen molar-refractivity contribution >= 4 is 21.3 Å². The zero-order valence-corrected chi connectivity index (χ0v) is 15.8. The summed E-state index contributed by atoms with van der Waals surface area (Å²) in [7, 11) is -4.28. The van der Waals surface area contributed by atoms with E-state index in [4.69, 9.17) is 0 Å². The second kappa shape index (κ2) is 6.94. The van der Waals surface area contributed by atoms with Crippen LogP contribution in [-0.2, 0) is 10.1 Å². The largest absolute Gasteiger partial charge is 0.355 e. The molecule has 0 saturated heterocycles. The van der Waals surface area contributed by atoms with E-state index >= 15 is 0 Å². The molecular formula is C21H21NO3S. The van der Waals surface area contributed by atoms with Gasteiger partial charge in [-0.1, -0.05) is 42.5 Å². The van der Waals surface area contributed by atoms with Gasteiger partial charge in [-0.05, 0) is 61.2 Å². The molecule has 0 atom stereocenters. The first-order valence-electron chi connectivity index (χ1n) is 8.29. The quantitative estimate of drug-likeness (QED) is 0.699. The van der Waals surface area contributed by atoms with E-state index < -0.39 is 10.1 Å². The molecule has 0 radical (unpaired) electrons. The summed E-state index contributed by atoms with van der Waals surface area (Å²) >= 11 is 0. The van der Waals surface area contributed by atoms with Crippen molar-refractivity contribution in [2.45, 2.75) is 25.7 Å². The smallest absolute Gasteiger partial charge is 0.295 e. The minimum absolute atomic E-state index is 0.0896. The number of hydrogen-bond acceptors (Lipinski definition) is 2.